The number of nitrogens with two attached hydrogens (primary N) is 1. The zero-order valence-corrected chi connectivity index (χ0v) is 12.8. The molecule has 100 valence electrons. The number of nitrogens with one attached hydrogen (secondary N) is 1. The molecule has 4 heteroatoms. The van der Waals surface area contributed by atoms with Gasteiger partial charge in [0.25, 0.3) is 0 Å². The summed E-state index contributed by atoms with van der Waals surface area (Å²) in [4.78, 5) is 12.0. The molecule has 3 N–H and O–H groups in total. The number of amides is 1. The van der Waals surface area contributed by atoms with Gasteiger partial charge in [0, 0.05) is 16.1 Å². The molecule has 0 aromatic heterocycles. The van der Waals surface area contributed by atoms with Gasteiger partial charge in [0.1, 0.15) is 0 Å². The highest BCUT2D eigenvalue weighted by atomic mass is 79.9. The molecule has 0 fully saturated rings. The number of hydrogen-bond acceptors (Lipinski definition) is 2. The average Bonchev–Trinajstić information content (AvgIpc) is 2.30. The molecule has 1 amide bonds. The predicted octanol–water partition coefficient (Wildman–Crippen LogP) is 3.38. The van der Waals surface area contributed by atoms with Gasteiger partial charge in [0.2, 0.25) is 5.91 Å². The lowest BCUT2D eigenvalue weighted by Gasteiger charge is -2.15. The van der Waals surface area contributed by atoms with E-state index >= 15 is 0 Å². The fourth-order valence-corrected chi connectivity index (χ4v) is 2.60. The van der Waals surface area contributed by atoms with Gasteiger partial charge in [-0.25, -0.2) is 0 Å². The standard InChI is InChI=1S/C14H21BrN2O/c1-9(5-4-6-16)14(18)17-13-10(2)7-12(15)8-11(13)3/h7-9H,4-6,16H2,1-3H3,(H,17,18). The summed E-state index contributed by atoms with van der Waals surface area (Å²) < 4.78 is 1.03. The minimum Gasteiger partial charge on any atom is -0.330 e. The Morgan fingerprint density at radius 1 is 1.39 bits per heavy atom. The smallest absolute Gasteiger partial charge is 0.227 e. The second kappa shape index (κ2) is 6.90. The highest BCUT2D eigenvalue weighted by Crippen LogP contribution is 2.25. The molecule has 0 radical (unpaired) electrons. The molecule has 0 spiro atoms. The monoisotopic (exact) mass is 312 g/mol. The topological polar surface area (TPSA) is 55.1 Å². The van der Waals surface area contributed by atoms with Crippen LogP contribution in [0.5, 0.6) is 0 Å². The van der Waals surface area contributed by atoms with Crippen LogP contribution in [0.3, 0.4) is 0 Å². The van der Waals surface area contributed by atoms with Gasteiger partial charge in [0.05, 0.1) is 0 Å². The van der Waals surface area contributed by atoms with Gasteiger partial charge in [-0.1, -0.05) is 22.9 Å². The lowest BCUT2D eigenvalue weighted by molar-refractivity contribution is -0.119. The van der Waals surface area contributed by atoms with E-state index in [9.17, 15) is 4.79 Å². The van der Waals surface area contributed by atoms with Crippen LogP contribution in [0.1, 0.15) is 30.9 Å². The van der Waals surface area contributed by atoms with Crippen molar-refractivity contribution in [1.82, 2.24) is 0 Å². The van der Waals surface area contributed by atoms with Gasteiger partial charge in [-0.05, 0) is 56.5 Å². The SMILES string of the molecule is Cc1cc(Br)cc(C)c1NC(=O)C(C)CCCN. The van der Waals surface area contributed by atoms with Crippen LogP contribution in [-0.4, -0.2) is 12.5 Å². The van der Waals surface area contributed by atoms with E-state index in [2.05, 4.69) is 21.2 Å². The molecule has 1 atom stereocenters. The molecule has 1 rings (SSSR count). The van der Waals surface area contributed by atoms with E-state index in [-0.39, 0.29) is 11.8 Å². The summed E-state index contributed by atoms with van der Waals surface area (Å²) in [6.07, 6.45) is 1.71. The molecule has 18 heavy (non-hydrogen) atoms. The van der Waals surface area contributed by atoms with Crippen molar-refractivity contribution in [2.45, 2.75) is 33.6 Å². The van der Waals surface area contributed by atoms with Crippen molar-refractivity contribution in [2.24, 2.45) is 11.7 Å². The minimum absolute atomic E-state index is 0.00371. The van der Waals surface area contributed by atoms with Crippen molar-refractivity contribution in [3.05, 3.63) is 27.7 Å². The van der Waals surface area contributed by atoms with E-state index in [4.69, 9.17) is 5.73 Å². The van der Waals surface area contributed by atoms with Gasteiger partial charge in [-0.15, -0.1) is 0 Å². The number of rotatable bonds is 5. The van der Waals surface area contributed by atoms with Crippen LogP contribution in [0, 0.1) is 19.8 Å². The van der Waals surface area contributed by atoms with Crippen molar-refractivity contribution in [1.29, 1.82) is 0 Å². The zero-order chi connectivity index (χ0) is 13.7. The Kier molecular flexibility index (Phi) is 5.82. The Morgan fingerprint density at radius 3 is 2.44 bits per heavy atom. The summed E-state index contributed by atoms with van der Waals surface area (Å²) in [6, 6.07) is 4.01. The minimum atomic E-state index is -0.00371. The molecular formula is C14H21BrN2O. The van der Waals surface area contributed by atoms with Crippen LogP contribution >= 0.6 is 15.9 Å². The first-order valence-corrected chi connectivity index (χ1v) is 7.02. The third kappa shape index (κ3) is 4.10. The molecule has 0 bridgehead atoms. The Labute approximate surface area is 117 Å². The van der Waals surface area contributed by atoms with Gasteiger partial charge >= 0.3 is 0 Å². The van der Waals surface area contributed by atoms with Crippen molar-refractivity contribution in [2.75, 3.05) is 11.9 Å². The summed E-state index contributed by atoms with van der Waals surface area (Å²) >= 11 is 3.45. The third-order valence-corrected chi connectivity index (χ3v) is 3.49. The molecule has 1 unspecified atom stereocenters. The van der Waals surface area contributed by atoms with E-state index in [1.165, 1.54) is 0 Å². The number of benzene rings is 1. The van der Waals surface area contributed by atoms with Crippen molar-refractivity contribution < 1.29 is 4.79 Å². The number of carbonyl (C=O) groups is 1. The summed E-state index contributed by atoms with van der Waals surface area (Å²) in [5.74, 6) is 0.0629. The number of halogens is 1. The quantitative estimate of drug-likeness (QED) is 0.875. The Morgan fingerprint density at radius 2 is 1.94 bits per heavy atom. The maximum atomic E-state index is 12.0. The summed E-state index contributed by atoms with van der Waals surface area (Å²) in [5, 5.41) is 3.01. The number of anilines is 1. The third-order valence-electron chi connectivity index (χ3n) is 3.03. The molecule has 1 aromatic carbocycles. The maximum absolute atomic E-state index is 12.0. The van der Waals surface area contributed by atoms with Gasteiger partial charge < -0.3 is 11.1 Å². The van der Waals surface area contributed by atoms with Crippen LogP contribution in [-0.2, 0) is 4.79 Å². The van der Waals surface area contributed by atoms with Crippen LogP contribution < -0.4 is 11.1 Å². The van der Waals surface area contributed by atoms with E-state index in [1.54, 1.807) is 0 Å². The van der Waals surface area contributed by atoms with Crippen LogP contribution in [0.25, 0.3) is 0 Å². The van der Waals surface area contributed by atoms with Gasteiger partial charge in [0.15, 0.2) is 0 Å². The first-order valence-electron chi connectivity index (χ1n) is 6.23. The molecule has 3 nitrogen and oxygen atoms in total. The first kappa shape index (κ1) is 15.2. The van der Waals surface area contributed by atoms with Crippen LogP contribution in [0.4, 0.5) is 5.69 Å². The van der Waals surface area contributed by atoms with E-state index in [0.29, 0.717) is 6.54 Å². The predicted molar refractivity (Wildman–Crippen MR) is 79.7 cm³/mol. The van der Waals surface area contributed by atoms with E-state index in [0.717, 1.165) is 34.1 Å². The Bertz CT molecular complexity index is 409. The summed E-state index contributed by atoms with van der Waals surface area (Å²) in [6.45, 7) is 6.57. The van der Waals surface area contributed by atoms with Gasteiger partial charge in [-0.2, -0.15) is 0 Å². The lowest BCUT2D eigenvalue weighted by atomic mass is 10.0. The number of aryl methyl sites for hydroxylation is 2. The molecule has 0 saturated heterocycles. The molecule has 0 aliphatic heterocycles. The Hall–Kier alpha value is -0.870. The molecule has 0 aliphatic carbocycles. The second-order valence-electron chi connectivity index (χ2n) is 4.74. The molecule has 0 saturated carbocycles. The lowest BCUT2D eigenvalue weighted by Crippen LogP contribution is -2.22. The van der Waals surface area contributed by atoms with Crippen molar-refractivity contribution in [3.8, 4) is 0 Å². The van der Waals surface area contributed by atoms with Crippen molar-refractivity contribution in [3.63, 3.8) is 0 Å². The summed E-state index contributed by atoms with van der Waals surface area (Å²) in [5.41, 5.74) is 8.52. The highest BCUT2D eigenvalue weighted by molar-refractivity contribution is 9.10. The van der Waals surface area contributed by atoms with E-state index in [1.807, 2.05) is 32.9 Å². The zero-order valence-electron chi connectivity index (χ0n) is 11.2. The number of hydrogen-bond donors (Lipinski definition) is 2. The first-order chi connectivity index (χ1) is 8.45. The van der Waals surface area contributed by atoms with Crippen LogP contribution in [0.2, 0.25) is 0 Å². The molecule has 0 heterocycles. The van der Waals surface area contributed by atoms with E-state index < -0.39 is 0 Å². The summed E-state index contributed by atoms with van der Waals surface area (Å²) in [7, 11) is 0. The van der Waals surface area contributed by atoms with Crippen molar-refractivity contribution >= 4 is 27.5 Å². The second-order valence-corrected chi connectivity index (χ2v) is 5.65. The highest BCUT2D eigenvalue weighted by Gasteiger charge is 2.14. The molecule has 0 aliphatic rings. The fraction of sp³-hybridized carbons (Fsp3) is 0.500. The molecule has 1 aromatic rings. The largest absolute Gasteiger partial charge is 0.330 e. The van der Waals surface area contributed by atoms with Gasteiger partial charge in [-0.3, -0.25) is 4.79 Å². The number of carbonyl (C=O) groups excluding carboxylic acids is 1. The maximum Gasteiger partial charge on any atom is 0.227 e. The average molecular weight is 313 g/mol. The van der Waals surface area contributed by atoms with Crippen LogP contribution in [0.15, 0.2) is 16.6 Å². The Balaban J connectivity index is 2.76. The fourth-order valence-electron chi connectivity index (χ4n) is 1.91. The normalized spacial score (nSPS) is 12.3. The molecular weight excluding hydrogens is 292 g/mol.